The zero-order valence-electron chi connectivity index (χ0n) is 19.1. The van der Waals surface area contributed by atoms with Crippen molar-refractivity contribution in [2.24, 2.45) is 0 Å². The van der Waals surface area contributed by atoms with Gasteiger partial charge in [-0.05, 0) is 57.2 Å². The number of amides is 1. The van der Waals surface area contributed by atoms with Crippen LogP contribution in [0.3, 0.4) is 0 Å². The van der Waals surface area contributed by atoms with Crippen LogP contribution in [-0.4, -0.2) is 46.8 Å². The van der Waals surface area contributed by atoms with Gasteiger partial charge in [0.1, 0.15) is 18.0 Å². The van der Waals surface area contributed by atoms with Crippen LogP contribution in [0.5, 0.6) is 17.5 Å². The minimum Gasteiger partial charge on any atom is -0.485 e. The van der Waals surface area contributed by atoms with Crippen molar-refractivity contribution in [2.75, 3.05) is 19.0 Å². The highest BCUT2D eigenvalue weighted by atomic mass is 19.1. The number of benzene rings is 2. The fourth-order valence-electron chi connectivity index (χ4n) is 3.31. The first-order valence-electron chi connectivity index (χ1n) is 10.5. The zero-order valence-corrected chi connectivity index (χ0v) is 19.1. The predicted octanol–water partition coefficient (Wildman–Crippen LogP) is 3.75. The molecule has 0 fully saturated rings. The Balaban J connectivity index is 1.71. The molecule has 1 amide bonds. The molecule has 1 atom stereocenters. The number of anilines is 1. The molecule has 1 aromatic heterocycles. The Labute approximate surface area is 195 Å². The van der Waals surface area contributed by atoms with Crippen molar-refractivity contribution in [3.8, 4) is 23.2 Å². The summed E-state index contributed by atoms with van der Waals surface area (Å²) in [4.78, 5) is 30.5. The highest BCUT2D eigenvalue weighted by molar-refractivity contribution is 6.01. The van der Waals surface area contributed by atoms with Gasteiger partial charge in [0.25, 0.3) is 5.91 Å². The van der Waals surface area contributed by atoms with E-state index in [0.717, 1.165) is 0 Å². The normalized spacial score (nSPS) is 14.9. The van der Waals surface area contributed by atoms with E-state index >= 15 is 0 Å². The monoisotopic (exact) mass is 469 g/mol. The average molecular weight is 469 g/mol. The third-order valence-corrected chi connectivity index (χ3v) is 4.75. The Morgan fingerprint density at radius 1 is 1.12 bits per heavy atom. The number of nitrogens with zero attached hydrogens (tertiary/aromatic N) is 2. The molecule has 3 aromatic rings. The molecule has 9 nitrogen and oxygen atoms in total. The van der Waals surface area contributed by atoms with Crippen LogP contribution >= 0.6 is 0 Å². The van der Waals surface area contributed by atoms with E-state index in [-0.39, 0.29) is 24.1 Å². The maximum absolute atomic E-state index is 13.5. The number of esters is 1. The molecule has 0 saturated heterocycles. The van der Waals surface area contributed by atoms with Crippen LogP contribution in [-0.2, 0) is 9.53 Å². The molecule has 10 heteroatoms. The van der Waals surface area contributed by atoms with Crippen molar-refractivity contribution in [3.63, 3.8) is 0 Å². The Morgan fingerprint density at radius 2 is 1.79 bits per heavy atom. The number of methoxy groups -OCH3 is 1. The number of nitrogens with one attached hydrogen (secondary N) is 1. The summed E-state index contributed by atoms with van der Waals surface area (Å²) in [6.07, 6.45) is -0.983. The molecular weight excluding hydrogens is 445 g/mol. The first-order valence-corrected chi connectivity index (χ1v) is 10.5. The highest BCUT2D eigenvalue weighted by Crippen LogP contribution is 2.32. The molecule has 1 aliphatic heterocycles. The van der Waals surface area contributed by atoms with Gasteiger partial charge in [0.2, 0.25) is 6.10 Å². The number of fused-ring (bicyclic) bond motifs is 1. The Kier molecular flexibility index (Phi) is 6.14. The molecule has 2 heterocycles. The van der Waals surface area contributed by atoms with Gasteiger partial charge in [-0.15, -0.1) is 0 Å². The summed E-state index contributed by atoms with van der Waals surface area (Å²) < 4.78 is 37.1. The van der Waals surface area contributed by atoms with Crippen LogP contribution in [0, 0.1) is 5.82 Å². The largest absolute Gasteiger partial charge is 0.485 e. The van der Waals surface area contributed by atoms with E-state index < -0.39 is 29.4 Å². The van der Waals surface area contributed by atoms with Crippen molar-refractivity contribution in [1.82, 2.24) is 9.55 Å². The van der Waals surface area contributed by atoms with Gasteiger partial charge in [0, 0.05) is 0 Å². The molecule has 1 aliphatic rings. The number of carbonyl (C=O) groups excluding carboxylic acids is 2. The van der Waals surface area contributed by atoms with E-state index in [0.29, 0.717) is 17.2 Å². The number of ether oxygens (including phenoxy) is 4. The summed E-state index contributed by atoms with van der Waals surface area (Å²) in [5.41, 5.74) is -0.532. The van der Waals surface area contributed by atoms with E-state index in [4.69, 9.17) is 18.9 Å². The Hall–Kier alpha value is -4.08. The SMILES string of the molecule is COc1nc(NC(=O)C2COc3ccccc3O2)c(C(=O)OC(C)(C)C)n1-c1ccc(F)cc1. The highest BCUT2D eigenvalue weighted by Gasteiger charge is 2.33. The average Bonchev–Trinajstić information content (AvgIpc) is 3.16. The van der Waals surface area contributed by atoms with Crippen molar-refractivity contribution in [1.29, 1.82) is 0 Å². The summed E-state index contributed by atoms with van der Waals surface area (Å²) in [6.45, 7) is 5.11. The van der Waals surface area contributed by atoms with Crippen molar-refractivity contribution < 1.29 is 32.9 Å². The van der Waals surface area contributed by atoms with Crippen LogP contribution < -0.4 is 19.5 Å². The third-order valence-electron chi connectivity index (χ3n) is 4.75. The van der Waals surface area contributed by atoms with Crippen molar-refractivity contribution >= 4 is 17.7 Å². The Bertz CT molecular complexity index is 1220. The van der Waals surface area contributed by atoms with Crippen LogP contribution in [0.2, 0.25) is 0 Å². The van der Waals surface area contributed by atoms with Crippen molar-refractivity contribution in [2.45, 2.75) is 32.5 Å². The standard InChI is InChI=1S/C24H24FN3O6/c1-24(2,3)34-22(30)19-20(27-23(31-4)28(19)15-11-9-14(25)10-12-15)26-21(29)18-13-32-16-7-5-6-8-17(16)33-18/h5-12,18H,13H2,1-4H3,(H,26,29). The van der Waals surface area contributed by atoms with Crippen LogP contribution in [0.15, 0.2) is 48.5 Å². The van der Waals surface area contributed by atoms with E-state index in [1.807, 2.05) is 0 Å². The second-order valence-corrected chi connectivity index (χ2v) is 8.46. The summed E-state index contributed by atoms with van der Waals surface area (Å²) in [7, 11) is 1.36. The molecule has 0 spiro atoms. The minimum absolute atomic E-state index is 0.00562. The molecule has 34 heavy (non-hydrogen) atoms. The smallest absolute Gasteiger partial charge is 0.359 e. The lowest BCUT2D eigenvalue weighted by Crippen LogP contribution is -2.40. The molecule has 0 radical (unpaired) electrons. The maximum atomic E-state index is 13.5. The van der Waals surface area contributed by atoms with E-state index in [1.54, 1.807) is 45.0 Å². The van der Waals surface area contributed by atoms with E-state index in [1.165, 1.54) is 35.9 Å². The second-order valence-electron chi connectivity index (χ2n) is 8.46. The zero-order chi connectivity index (χ0) is 24.5. The predicted molar refractivity (Wildman–Crippen MR) is 120 cm³/mol. The van der Waals surface area contributed by atoms with Gasteiger partial charge in [-0.3, -0.25) is 9.36 Å². The first kappa shape index (κ1) is 23.1. The maximum Gasteiger partial charge on any atom is 0.359 e. The number of para-hydroxylation sites is 2. The molecule has 0 saturated carbocycles. The fraction of sp³-hybridized carbons (Fsp3) is 0.292. The van der Waals surface area contributed by atoms with Gasteiger partial charge in [-0.25, -0.2) is 9.18 Å². The summed E-state index contributed by atoms with van der Waals surface area (Å²) in [5.74, 6) is -0.925. The lowest BCUT2D eigenvalue weighted by molar-refractivity contribution is -0.125. The molecule has 1 N–H and O–H groups in total. The molecule has 0 aliphatic carbocycles. The molecule has 0 bridgehead atoms. The van der Waals surface area contributed by atoms with E-state index in [9.17, 15) is 14.0 Å². The topological polar surface area (TPSA) is 101 Å². The second kappa shape index (κ2) is 9.05. The number of carbonyl (C=O) groups is 2. The fourth-order valence-corrected chi connectivity index (χ4v) is 3.31. The first-order chi connectivity index (χ1) is 16.2. The van der Waals surface area contributed by atoms with Gasteiger partial charge in [0.15, 0.2) is 23.0 Å². The van der Waals surface area contributed by atoms with Gasteiger partial charge in [-0.1, -0.05) is 12.1 Å². The summed E-state index contributed by atoms with van der Waals surface area (Å²) >= 11 is 0. The number of hydrogen-bond donors (Lipinski definition) is 1. The number of hydrogen-bond acceptors (Lipinski definition) is 7. The quantitative estimate of drug-likeness (QED) is 0.568. The van der Waals surface area contributed by atoms with E-state index in [2.05, 4.69) is 10.3 Å². The van der Waals surface area contributed by atoms with Crippen LogP contribution in [0.25, 0.3) is 5.69 Å². The number of rotatable bonds is 5. The number of halogens is 1. The molecule has 4 rings (SSSR count). The Morgan fingerprint density at radius 3 is 2.44 bits per heavy atom. The van der Waals surface area contributed by atoms with Gasteiger partial charge < -0.3 is 24.3 Å². The van der Waals surface area contributed by atoms with Crippen molar-refractivity contribution in [3.05, 3.63) is 60.0 Å². The number of imidazole rings is 1. The molecule has 178 valence electrons. The molecule has 2 aromatic carbocycles. The van der Waals surface area contributed by atoms with Gasteiger partial charge in [-0.2, -0.15) is 4.98 Å². The minimum atomic E-state index is -0.983. The van der Waals surface area contributed by atoms with Crippen LogP contribution in [0.1, 0.15) is 31.3 Å². The molecular formula is C24H24FN3O6. The molecule has 1 unspecified atom stereocenters. The van der Waals surface area contributed by atoms with Gasteiger partial charge in [0.05, 0.1) is 12.8 Å². The van der Waals surface area contributed by atoms with Gasteiger partial charge >= 0.3 is 12.0 Å². The summed E-state index contributed by atoms with van der Waals surface area (Å²) in [5, 5.41) is 2.62. The third kappa shape index (κ3) is 4.80. The lowest BCUT2D eigenvalue weighted by Gasteiger charge is -2.25. The number of aromatic nitrogens is 2. The van der Waals surface area contributed by atoms with Crippen LogP contribution in [0.4, 0.5) is 10.2 Å². The lowest BCUT2D eigenvalue weighted by atomic mass is 10.2. The summed E-state index contributed by atoms with van der Waals surface area (Å²) in [6, 6.07) is 12.3.